The average molecular weight is 283 g/mol. The summed E-state index contributed by atoms with van der Waals surface area (Å²) in [6.45, 7) is 0.501. The molecule has 0 saturated carbocycles. The van der Waals surface area contributed by atoms with Crippen LogP contribution in [-0.4, -0.2) is 16.1 Å². The predicted octanol–water partition coefficient (Wildman–Crippen LogP) is 3.07. The van der Waals surface area contributed by atoms with Gasteiger partial charge in [0.1, 0.15) is 0 Å². The number of carbonyl (C=O) groups is 1. The average Bonchev–Trinajstić information content (AvgIpc) is 3.16. The lowest BCUT2D eigenvalue weighted by Gasteiger charge is -2.02. The molecule has 0 fully saturated rings. The molecule has 0 atom stereocenters. The van der Waals surface area contributed by atoms with E-state index in [1.54, 1.807) is 17.4 Å². The molecule has 3 rings (SSSR count). The van der Waals surface area contributed by atoms with Crippen LogP contribution < -0.4 is 5.32 Å². The second-order valence-corrected chi connectivity index (χ2v) is 5.26. The first-order valence-electron chi connectivity index (χ1n) is 6.24. The first kappa shape index (κ1) is 12.6. The lowest BCUT2D eigenvalue weighted by molar-refractivity contribution is 0.0946. The minimum atomic E-state index is -0.173. The van der Waals surface area contributed by atoms with E-state index in [1.807, 2.05) is 47.8 Å². The fourth-order valence-electron chi connectivity index (χ4n) is 1.86. The first-order chi connectivity index (χ1) is 9.83. The predicted molar refractivity (Wildman–Crippen MR) is 79.5 cm³/mol. The third-order valence-electron chi connectivity index (χ3n) is 2.89. The monoisotopic (exact) mass is 283 g/mol. The number of hydrogen-bond donors (Lipinski definition) is 2. The summed E-state index contributed by atoms with van der Waals surface area (Å²) in [7, 11) is 0. The van der Waals surface area contributed by atoms with Crippen molar-refractivity contribution >= 4 is 17.2 Å². The number of rotatable bonds is 4. The molecule has 0 aliphatic rings. The van der Waals surface area contributed by atoms with Crippen molar-refractivity contribution in [3.63, 3.8) is 0 Å². The second kappa shape index (κ2) is 5.71. The Morgan fingerprint density at radius 2 is 2.05 bits per heavy atom. The maximum Gasteiger partial charge on any atom is 0.272 e. The van der Waals surface area contributed by atoms with Crippen molar-refractivity contribution in [2.75, 3.05) is 0 Å². The maximum absolute atomic E-state index is 12.0. The van der Waals surface area contributed by atoms with E-state index in [4.69, 9.17) is 0 Å². The van der Waals surface area contributed by atoms with Gasteiger partial charge in [0.15, 0.2) is 5.69 Å². The fraction of sp³-hybridized carbons (Fsp3) is 0.0667. The van der Waals surface area contributed by atoms with Crippen molar-refractivity contribution in [1.29, 1.82) is 0 Å². The van der Waals surface area contributed by atoms with Gasteiger partial charge in [-0.05, 0) is 23.1 Å². The van der Waals surface area contributed by atoms with E-state index in [0.717, 1.165) is 16.1 Å². The third kappa shape index (κ3) is 2.78. The van der Waals surface area contributed by atoms with Gasteiger partial charge < -0.3 is 5.32 Å². The molecule has 0 radical (unpaired) electrons. The number of aromatic amines is 1. The van der Waals surface area contributed by atoms with Gasteiger partial charge in [-0.3, -0.25) is 9.89 Å². The Morgan fingerprint density at radius 3 is 2.80 bits per heavy atom. The lowest BCUT2D eigenvalue weighted by Crippen LogP contribution is -2.23. The van der Waals surface area contributed by atoms with Crippen LogP contribution in [0.25, 0.3) is 10.6 Å². The molecule has 5 heteroatoms. The molecular weight excluding hydrogens is 270 g/mol. The summed E-state index contributed by atoms with van der Waals surface area (Å²) in [4.78, 5) is 13.1. The molecule has 2 aromatic heterocycles. The van der Waals surface area contributed by atoms with Crippen LogP contribution in [0, 0.1) is 0 Å². The summed E-state index contributed by atoms with van der Waals surface area (Å²) in [5.74, 6) is -0.173. The summed E-state index contributed by atoms with van der Waals surface area (Å²) in [5, 5.41) is 11.8. The summed E-state index contributed by atoms with van der Waals surface area (Å²) in [6.07, 6.45) is 0. The zero-order valence-corrected chi connectivity index (χ0v) is 11.5. The number of benzene rings is 1. The van der Waals surface area contributed by atoms with E-state index >= 15 is 0 Å². The van der Waals surface area contributed by atoms with Gasteiger partial charge in [-0.1, -0.05) is 36.4 Å². The second-order valence-electron chi connectivity index (χ2n) is 4.31. The van der Waals surface area contributed by atoms with Crippen LogP contribution in [-0.2, 0) is 6.54 Å². The molecule has 0 unspecified atom stereocenters. The summed E-state index contributed by atoms with van der Waals surface area (Å²) >= 11 is 1.61. The minimum absolute atomic E-state index is 0.173. The van der Waals surface area contributed by atoms with Gasteiger partial charge in [0.25, 0.3) is 5.91 Å². The Morgan fingerprint density at radius 1 is 1.20 bits per heavy atom. The van der Waals surface area contributed by atoms with Crippen LogP contribution in [0.4, 0.5) is 0 Å². The summed E-state index contributed by atoms with van der Waals surface area (Å²) < 4.78 is 0. The smallest absolute Gasteiger partial charge is 0.272 e. The molecule has 100 valence electrons. The molecule has 20 heavy (non-hydrogen) atoms. The Bertz CT molecular complexity index is 689. The number of nitrogens with zero attached hydrogens (tertiary/aromatic N) is 1. The van der Waals surface area contributed by atoms with Gasteiger partial charge in [-0.2, -0.15) is 5.10 Å². The van der Waals surface area contributed by atoms with Crippen molar-refractivity contribution in [1.82, 2.24) is 15.5 Å². The minimum Gasteiger partial charge on any atom is -0.347 e. The molecule has 0 saturated heterocycles. The number of carbonyl (C=O) groups excluding carboxylic acids is 1. The summed E-state index contributed by atoms with van der Waals surface area (Å²) in [6, 6.07) is 15.5. The Kier molecular flexibility index (Phi) is 3.60. The van der Waals surface area contributed by atoms with E-state index in [-0.39, 0.29) is 5.91 Å². The first-order valence-corrected chi connectivity index (χ1v) is 7.12. The van der Waals surface area contributed by atoms with Crippen molar-refractivity contribution in [3.8, 4) is 10.6 Å². The zero-order chi connectivity index (χ0) is 13.8. The van der Waals surface area contributed by atoms with E-state index in [1.165, 1.54) is 0 Å². The van der Waals surface area contributed by atoms with Gasteiger partial charge in [0.05, 0.1) is 10.6 Å². The number of nitrogens with one attached hydrogen (secondary N) is 2. The molecular formula is C15H13N3OS. The van der Waals surface area contributed by atoms with Crippen LogP contribution >= 0.6 is 11.3 Å². The van der Waals surface area contributed by atoms with Gasteiger partial charge >= 0.3 is 0 Å². The molecule has 0 bridgehead atoms. The van der Waals surface area contributed by atoms with Crippen LogP contribution in [0.5, 0.6) is 0 Å². The highest BCUT2D eigenvalue weighted by molar-refractivity contribution is 7.13. The standard InChI is InChI=1S/C15H13N3OS/c19-15(16-10-11-5-2-1-3-6-11)13-9-12(17-18-13)14-7-4-8-20-14/h1-9H,10H2,(H,16,19)(H,17,18). The molecule has 0 aliphatic carbocycles. The molecule has 3 aromatic rings. The highest BCUT2D eigenvalue weighted by Gasteiger charge is 2.11. The van der Waals surface area contributed by atoms with Gasteiger partial charge in [-0.25, -0.2) is 0 Å². The largest absolute Gasteiger partial charge is 0.347 e. The van der Waals surface area contributed by atoms with E-state index < -0.39 is 0 Å². The Hall–Kier alpha value is -2.40. The molecule has 2 N–H and O–H groups in total. The SMILES string of the molecule is O=C(NCc1ccccc1)c1cc(-c2cccs2)[nH]n1. The summed E-state index contributed by atoms with van der Waals surface area (Å²) in [5.41, 5.74) is 2.34. The lowest BCUT2D eigenvalue weighted by atomic mass is 10.2. The quantitative estimate of drug-likeness (QED) is 0.773. The third-order valence-corrected chi connectivity index (χ3v) is 3.80. The molecule has 2 heterocycles. The molecule has 0 aliphatic heterocycles. The van der Waals surface area contributed by atoms with Crippen LogP contribution in [0.1, 0.15) is 16.1 Å². The number of thiophene rings is 1. The Labute approximate surface area is 120 Å². The van der Waals surface area contributed by atoms with Crippen LogP contribution in [0.15, 0.2) is 53.9 Å². The number of H-pyrrole nitrogens is 1. The number of hydrogen-bond acceptors (Lipinski definition) is 3. The van der Waals surface area contributed by atoms with Crippen molar-refractivity contribution in [2.45, 2.75) is 6.54 Å². The van der Waals surface area contributed by atoms with Gasteiger partial charge in [-0.15, -0.1) is 11.3 Å². The van der Waals surface area contributed by atoms with Crippen molar-refractivity contribution < 1.29 is 4.79 Å². The topological polar surface area (TPSA) is 57.8 Å². The fourth-order valence-corrected chi connectivity index (χ4v) is 2.56. The van der Waals surface area contributed by atoms with Gasteiger partial charge in [0.2, 0.25) is 0 Å². The van der Waals surface area contributed by atoms with E-state index in [0.29, 0.717) is 12.2 Å². The Balaban J connectivity index is 1.66. The van der Waals surface area contributed by atoms with Crippen LogP contribution in [0.3, 0.4) is 0 Å². The zero-order valence-electron chi connectivity index (χ0n) is 10.7. The highest BCUT2D eigenvalue weighted by Crippen LogP contribution is 2.22. The van der Waals surface area contributed by atoms with Crippen LogP contribution in [0.2, 0.25) is 0 Å². The normalized spacial score (nSPS) is 10.4. The van der Waals surface area contributed by atoms with Crippen molar-refractivity contribution in [2.24, 2.45) is 0 Å². The molecule has 0 spiro atoms. The van der Waals surface area contributed by atoms with Gasteiger partial charge in [0, 0.05) is 6.54 Å². The number of aromatic nitrogens is 2. The van der Waals surface area contributed by atoms with Crippen molar-refractivity contribution in [3.05, 3.63) is 65.2 Å². The van der Waals surface area contributed by atoms with E-state index in [2.05, 4.69) is 15.5 Å². The molecule has 1 amide bonds. The maximum atomic E-state index is 12.0. The number of amides is 1. The van der Waals surface area contributed by atoms with E-state index in [9.17, 15) is 4.79 Å². The highest BCUT2D eigenvalue weighted by atomic mass is 32.1. The molecule has 4 nitrogen and oxygen atoms in total. The molecule has 1 aromatic carbocycles.